The number of likely N-dealkylation sites (N-methyl/N-ethyl adjacent to an activating group) is 1. The maximum atomic E-state index is 5.73. The number of hydrogen-bond acceptors (Lipinski definition) is 2. The Balaban J connectivity index is 0.00000225. The predicted molar refractivity (Wildman–Crippen MR) is 80.4 cm³/mol. The summed E-state index contributed by atoms with van der Waals surface area (Å²) in [5.41, 5.74) is 5.73. The van der Waals surface area contributed by atoms with Crippen molar-refractivity contribution in [1.29, 1.82) is 0 Å². The number of nitrogens with zero attached hydrogens (tertiary/aromatic N) is 2. The second-order valence-corrected chi connectivity index (χ2v) is 4.42. The van der Waals surface area contributed by atoms with E-state index in [-0.39, 0.29) is 24.0 Å². The predicted octanol–water partition coefficient (Wildman–Crippen LogP) is 1.40. The van der Waals surface area contributed by atoms with Gasteiger partial charge in [-0.2, -0.15) is 0 Å². The van der Waals surface area contributed by atoms with Crippen molar-refractivity contribution >= 4 is 29.9 Å². The van der Waals surface area contributed by atoms with Crippen LogP contribution in [-0.2, 0) is 0 Å². The summed E-state index contributed by atoms with van der Waals surface area (Å²) < 4.78 is 0. The van der Waals surface area contributed by atoms with Crippen LogP contribution in [0.5, 0.6) is 0 Å². The van der Waals surface area contributed by atoms with E-state index < -0.39 is 0 Å². The normalized spacial score (nSPS) is 18.1. The fourth-order valence-electron chi connectivity index (χ4n) is 1.34. The number of aliphatic imine (C=N–C) groups is 1. The molecule has 0 aliphatic heterocycles. The maximum Gasteiger partial charge on any atom is 0.188 e. The molecule has 5 heteroatoms. The van der Waals surface area contributed by atoms with Crippen LogP contribution in [0.25, 0.3) is 0 Å². The zero-order valence-corrected chi connectivity index (χ0v) is 12.9. The van der Waals surface area contributed by atoms with Crippen LogP contribution in [0.3, 0.4) is 0 Å². The third-order valence-electron chi connectivity index (χ3n) is 3.01. The molecule has 0 amide bonds. The first-order valence-corrected chi connectivity index (χ1v) is 5.90. The fourth-order valence-corrected chi connectivity index (χ4v) is 1.34. The zero-order valence-electron chi connectivity index (χ0n) is 10.6. The van der Waals surface area contributed by atoms with Crippen LogP contribution in [0.2, 0.25) is 0 Å². The van der Waals surface area contributed by atoms with Crippen LogP contribution in [0, 0.1) is 0 Å². The van der Waals surface area contributed by atoms with Crippen LogP contribution < -0.4 is 11.1 Å². The van der Waals surface area contributed by atoms with Crippen molar-refractivity contribution in [2.75, 3.05) is 20.1 Å². The standard InChI is InChI=1S/C11H24N4.HI/c1-4-9(2)15(3)8-7-13-11(12)14-10-5-6-10;/h9-10H,4-8H2,1-3H3,(H3,12,13,14);1H. The molecule has 0 bridgehead atoms. The molecule has 16 heavy (non-hydrogen) atoms. The SMILES string of the molecule is CCC(C)N(C)CCN=C(N)NC1CC1.I. The van der Waals surface area contributed by atoms with E-state index in [1.54, 1.807) is 0 Å². The van der Waals surface area contributed by atoms with E-state index in [0.29, 0.717) is 18.0 Å². The lowest BCUT2D eigenvalue weighted by molar-refractivity contribution is 0.259. The van der Waals surface area contributed by atoms with Gasteiger partial charge in [0, 0.05) is 18.6 Å². The van der Waals surface area contributed by atoms with Crippen molar-refractivity contribution in [3.63, 3.8) is 0 Å². The van der Waals surface area contributed by atoms with Gasteiger partial charge in [0.15, 0.2) is 5.96 Å². The Morgan fingerprint density at radius 1 is 1.56 bits per heavy atom. The lowest BCUT2D eigenvalue weighted by Crippen LogP contribution is -2.35. The molecule has 0 radical (unpaired) electrons. The van der Waals surface area contributed by atoms with E-state index >= 15 is 0 Å². The number of rotatable bonds is 6. The molecule has 4 nitrogen and oxygen atoms in total. The third kappa shape index (κ3) is 6.52. The van der Waals surface area contributed by atoms with Gasteiger partial charge in [0.05, 0.1) is 6.54 Å². The highest BCUT2D eigenvalue weighted by atomic mass is 127. The second-order valence-electron chi connectivity index (χ2n) is 4.42. The van der Waals surface area contributed by atoms with Gasteiger partial charge in [-0.3, -0.25) is 4.99 Å². The van der Waals surface area contributed by atoms with Gasteiger partial charge in [-0.05, 0) is 33.2 Å². The number of guanidine groups is 1. The van der Waals surface area contributed by atoms with Gasteiger partial charge in [-0.1, -0.05) is 6.92 Å². The molecule has 1 fully saturated rings. The first-order chi connectivity index (χ1) is 7.13. The molecule has 0 aromatic heterocycles. The van der Waals surface area contributed by atoms with Gasteiger partial charge >= 0.3 is 0 Å². The lowest BCUT2D eigenvalue weighted by atomic mass is 10.2. The molecule has 0 heterocycles. The van der Waals surface area contributed by atoms with Crippen molar-refractivity contribution in [1.82, 2.24) is 10.2 Å². The Hall–Kier alpha value is -0.0400. The molecular weight excluding hydrogens is 315 g/mol. The molecule has 1 atom stereocenters. The molecule has 0 saturated heterocycles. The molecule has 0 spiro atoms. The highest BCUT2D eigenvalue weighted by Gasteiger charge is 2.21. The topological polar surface area (TPSA) is 53.6 Å². The summed E-state index contributed by atoms with van der Waals surface area (Å²) in [6.45, 7) is 6.19. The van der Waals surface area contributed by atoms with Crippen LogP contribution >= 0.6 is 24.0 Å². The van der Waals surface area contributed by atoms with Crippen molar-refractivity contribution in [2.45, 2.75) is 45.2 Å². The summed E-state index contributed by atoms with van der Waals surface area (Å²) in [7, 11) is 2.13. The van der Waals surface area contributed by atoms with Gasteiger partial charge in [-0.15, -0.1) is 24.0 Å². The van der Waals surface area contributed by atoms with Gasteiger partial charge in [0.25, 0.3) is 0 Å². The summed E-state index contributed by atoms with van der Waals surface area (Å²) in [4.78, 5) is 6.62. The molecule has 1 rings (SSSR count). The summed E-state index contributed by atoms with van der Waals surface area (Å²) in [6, 6.07) is 1.22. The average molecular weight is 340 g/mol. The third-order valence-corrected chi connectivity index (χ3v) is 3.01. The highest BCUT2D eigenvalue weighted by Crippen LogP contribution is 2.17. The number of nitrogens with one attached hydrogen (secondary N) is 1. The smallest absolute Gasteiger partial charge is 0.188 e. The first-order valence-electron chi connectivity index (χ1n) is 5.90. The summed E-state index contributed by atoms with van der Waals surface area (Å²) in [5.74, 6) is 0.607. The average Bonchev–Trinajstić information content (AvgIpc) is 3.00. The Morgan fingerprint density at radius 3 is 2.69 bits per heavy atom. The largest absolute Gasteiger partial charge is 0.370 e. The van der Waals surface area contributed by atoms with Crippen LogP contribution in [-0.4, -0.2) is 43.1 Å². The van der Waals surface area contributed by atoms with Gasteiger partial charge < -0.3 is 16.0 Å². The Morgan fingerprint density at radius 2 is 2.19 bits per heavy atom. The molecule has 1 aliphatic rings. The Kier molecular flexibility index (Phi) is 8.09. The quantitative estimate of drug-likeness (QED) is 0.437. The molecular formula is C11H25IN4. The Bertz CT molecular complexity index is 216. The van der Waals surface area contributed by atoms with E-state index in [4.69, 9.17) is 5.73 Å². The molecule has 1 aliphatic carbocycles. The van der Waals surface area contributed by atoms with Crippen molar-refractivity contribution in [2.24, 2.45) is 10.7 Å². The highest BCUT2D eigenvalue weighted by molar-refractivity contribution is 14.0. The van der Waals surface area contributed by atoms with Crippen LogP contribution in [0.4, 0.5) is 0 Å². The second kappa shape index (κ2) is 8.11. The molecule has 3 N–H and O–H groups in total. The van der Waals surface area contributed by atoms with Crippen LogP contribution in [0.1, 0.15) is 33.1 Å². The Labute approximate surface area is 116 Å². The maximum absolute atomic E-state index is 5.73. The summed E-state index contributed by atoms with van der Waals surface area (Å²) >= 11 is 0. The van der Waals surface area contributed by atoms with Crippen LogP contribution in [0.15, 0.2) is 4.99 Å². The van der Waals surface area contributed by atoms with Gasteiger partial charge in [0.2, 0.25) is 0 Å². The minimum Gasteiger partial charge on any atom is -0.370 e. The fraction of sp³-hybridized carbons (Fsp3) is 0.909. The lowest BCUT2D eigenvalue weighted by Gasteiger charge is -2.22. The van der Waals surface area contributed by atoms with Gasteiger partial charge in [-0.25, -0.2) is 0 Å². The molecule has 96 valence electrons. The molecule has 1 unspecified atom stereocenters. The molecule has 1 saturated carbocycles. The minimum absolute atomic E-state index is 0. The van der Waals surface area contributed by atoms with E-state index in [0.717, 1.165) is 13.1 Å². The van der Waals surface area contributed by atoms with E-state index in [1.807, 2.05) is 0 Å². The van der Waals surface area contributed by atoms with Crippen molar-refractivity contribution < 1.29 is 0 Å². The van der Waals surface area contributed by atoms with Crippen molar-refractivity contribution in [3.05, 3.63) is 0 Å². The number of nitrogens with two attached hydrogens (primary N) is 1. The number of halogens is 1. The first kappa shape index (κ1) is 16.0. The van der Waals surface area contributed by atoms with E-state index in [9.17, 15) is 0 Å². The van der Waals surface area contributed by atoms with E-state index in [2.05, 4.69) is 36.1 Å². The zero-order chi connectivity index (χ0) is 11.3. The monoisotopic (exact) mass is 340 g/mol. The summed E-state index contributed by atoms with van der Waals surface area (Å²) in [5, 5.41) is 3.18. The summed E-state index contributed by atoms with van der Waals surface area (Å²) in [6.07, 6.45) is 3.65. The minimum atomic E-state index is 0. The molecule has 0 aromatic carbocycles. The number of hydrogen-bond donors (Lipinski definition) is 2. The molecule has 0 aromatic rings. The van der Waals surface area contributed by atoms with E-state index in [1.165, 1.54) is 19.3 Å². The van der Waals surface area contributed by atoms with Crippen molar-refractivity contribution in [3.8, 4) is 0 Å². The van der Waals surface area contributed by atoms with Gasteiger partial charge in [0.1, 0.15) is 0 Å².